The number of piperidine rings is 1. The molecule has 0 radical (unpaired) electrons. The van der Waals surface area contributed by atoms with Crippen molar-refractivity contribution in [2.45, 2.75) is 98.2 Å². The van der Waals surface area contributed by atoms with Crippen LogP contribution in [0, 0.1) is 24.1 Å². The lowest BCUT2D eigenvalue weighted by Gasteiger charge is -2.40. The zero-order chi connectivity index (χ0) is 28.4. The predicted molar refractivity (Wildman–Crippen MR) is 151 cm³/mol. The van der Waals surface area contributed by atoms with Crippen LogP contribution in [0.4, 0.5) is 10.1 Å². The number of pyridine rings is 2. The maximum absolute atomic E-state index is 15.3. The molecule has 2 aromatic heterocycles. The van der Waals surface area contributed by atoms with Crippen molar-refractivity contribution in [2.24, 2.45) is 11.3 Å². The van der Waals surface area contributed by atoms with Crippen LogP contribution in [0.5, 0.6) is 5.88 Å². The Labute approximate surface area is 232 Å². The summed E-state index contributed by atoms with van der Waals surface area (Å²) in [5, 5.41) is 10.3. The van der Waals surface area contributed by atoms with E-state index in [1.807, 2.05) is 20.8 Å². The van der Waals surface area contributed by atoms with E-state index in [1.165, 1.54) is 25.3 Å². The number of rotatable bonds is 8. The summed E-state index contributed by atoms with van der Waals surface area (Å²) in [6.07, 6.45) is 9.83. The van der Waals surface area contributed by atoms with Gasteiger partial charge in [0.2, 0.25) is 5.88 Å². The minimum Gasteiger partial charge on any atom is -0.479 e. The lowest BCUT2D eigenvalue weighted by molar-refractivity contribution is -0.160. The molecule has 1 aliphatic heterocycles. The van der Waals surface area contributed by atoms with E-state index in [-0.39, 0.29) is 11.3 Å². The van der Waals surface area contributed by atoms with Crippen LogP contribution in [0.25, 0.3) is 11.1 Å². The van der Waals surface area contributed by atoms with Crippen LogP contribution in [0.15, 0.2) is 18.5 Å². The maximum Gasteiger partial charge on any atom is 0.337 e. The highest BCUT2D eigenvalue weighted by molar-refractivity contribution is 5.86. The molecule has 7 nitrogen and oxygen atoms in total. The largest absolute Gasteiger partial charge is 0.479 e. The number of hydrogen-bond acceptors (Lipinski definition) is 6. The zero-order valence-electron chi connectivity index (χ0n) is 24.3. The van der Waals surface area contributed by atoms with Gasteiger partial charge in [-0.1, -0.05) is 33.1 Å². The van der Waals surface area contributed by atoms with E-state index in [0.717, 1.165) is 44.5 Å². The van der Waals surface area contributed by atoms with Gasteiger partial charge in [0.25, 0.3) is 0 Å². The molecular formula is C31H44FN3O4. The highest BCUT2D eigenvalue weighted by Crippen LogP contribution is 2.43. The minimum atomic E-state index is -1.22. The molecule has 1 N–H and O–H groups in total. The average Bonchev–Trinajstić information content (AvgIpc) is 2.87. The van der Waals surface area contributed by atoms with Crippen LogP contribution in [0.3, 0.4) is 0 Å². The van der Waals surface area contributed by atoms with Gasteiger partial charge in [0, 0.05) is 47.9 Å². The second-order valence-electron chi connectivity index (χ2n) is 12.9. The molecule has 2 aliphatic rings. The summed E-state index contributed by atoms with van der Waals surface area (Å²) in [7, 11) is 0. The monoisotopic (exact) mass is 541 g/mol. The Balaban J connectivity index is 1.75. The van der Waals surface area contributed by atoms with Crippen molar-refractivity contribution >= 4 is 11.7 Å². The molecule has 1 saturated heterocycles. The smallest absolute Gasteiger partial charge is 0.337 e. The van der Waals surface area contributed by atoms with Gasteiger partial charge >= 0.3 is 5.97 Å². The maximum atomic E-state index is 15.3. The number of carbonyl (C=O) groups is 1. The van der Waals surface area contributed by atoms with E-state index in [9.17, 15) is 9.90 Å². The van der Waals surface area contributed by atoms with E-state index in [1.54, 1.807) is 19.3 Å². The normalized spacial score (nSPS) is 19.1. The van der Waals surface area contributed by atoms with Crippen molar-refractivity contribution in [1.29, 1.82) is 0 Å². The van der Waals surface area contributed by atoms with Crippen LogP contribution in [-0.4, -0.2) is 46.3 Å². The number of halogens is 1. The Morgan fingerprint density at radius 2 is 1.82 bits per heavy atom. The molecule has 1 atom stereocenters. The van der Waals surface area contributed by atoms with Gasteiger partial charge in [-0.2, -0.15) is 0 Å². The van der Waals surface area contributed by atoms with Gasteiger partial charge in [0.05, 0.1) is 17.9 Å². The van der Waals surface area contributed by atoms with Gasteiger partial charge in [0.1, 0.15) is 0 Å². The minimum absolute atomic E-state index is 0.00497. The van der Waals surface area contributed by atoms with Crippen molar-refractivity contribution in [1.82, 2.24) is 9.97 Å². The summed E-state index contributed by atoms with van der Waals surface area (Å²) >= 11 is 0. The summed E-state index contributed by atoms with van der Waals surface area (Å²) in [5.74, 6) is -1.17. The molecule has 0 amide bonds. The molecule has 2 aromatic rings. The van der Waals surface area contributed by atoms with Crippen LogP contribution in [-0.2, 0) is 9.53 Å². The van der Waals surface area contributed by atoms with Crippen molar-refractivity contribution in [3.05, 3.63) is 35.5 Å². The van der Waals surface area contributed by atoms with Crippen LogP contribution in [0.1, 0.15) is 96.9 Å². The van der Waals surface area contributed by atoms with Crippen molar-refractivity contribution in [3.63, 3.8) is 0 Å². The third-order valence-corrected chi connectivity index (χ3v) is 7.98. The summed E-state index contributed by atoms with van der Waals surface area (Å²) in [4.78, 5) is 23.7. The number of aryl methyl sites for hydroxylation is 1. The fraction of sp³-hybridized carbons (Fsp3) is 0.645. The Bertz CT molecular complexity index is 1160. The third-order valence-electron chi connectivity index (χ3n) is 7.98. The molecule has 0 unspecified atom stereocenters. The number of hydrogen-bond donors (Lipinski definition) is 1. The number of carboxylic acids is 1. The van der Waals surface area contributed by atoms with Crippen molar-refractivity contribution < 1.29 is 23.8 Å². The number of aliphatic carboxylic acids is 1. The molecule has 0 bridgehead atoms. The van der Waals surface area contributed by atoms with Gasteiger partial charge in [-0.15, -0.1) is 0 Å². The van der Waals surface area contributed by atoms with Gasteiger partial charge in [0.15, 0.2) is 11.9 Å². The summed E-state index contributed by atoms with van der Waals surface area (Å²) < 4.78 is 27.2. The zero-order valence-corrected chi connectivity index (χ0v) is 24.3. The lowest BCUT2D eigenvalue weighted by Crippen LogP contribution is -2.39. The number of anilines is 1. The number of nitrogens with zero attached hydrogens (tertiary/aromatic N) is 3. The third kappa shape index (κ3) is 7.27. The van der Waals surface area contributed by atoms with Gasteiger partial charge in [-0.3, -0.25) is 4.98 Å². The first-order valence-corrected chi connectivity index (χ1v) is 14.3. The highest BCUT2D eigenvalue weighted by Gasteiger charge is 2.36. The second kappa shape index (κ2) is 11.8. The SMILES string of the molecule is Cc1ncc(-c2cnc(OCC3CCCCC3)c(F)c2)c(N2CCC(C)(C)CC2)c1[C@H](OC(C)(C)C)C(=O)O. The molecular weight excluding hydrogens is 497 g/mol. The molecule has 8 heteroatoms. The number of carboxylic acid groups (broad SMARTS) is 1. The predicted octanol–water partition coefficient (Wildman–Crippen LogP) is 7.12. The number of aromatic nitrogens is 2. The molecule has 1 aliphatic carbocycles. The molecule has 0 aromatic carbocycles. The molecule has 214 valence electrons. The van der Waals surface area contributed by atoms with Gasteiger partial charge in [-0.05, 0) is 70.8 Å². The van der Waals surface area contributed by atoms with Crippen LogP contribution >= 0.6 is 0 Å². The van der Waals surface area contributed by atoms with Gasteiger partial charge in [-0.25, -0.2) is 14.2 Å². The first-order valence-electron chi connectivity index (χ1n) is 14.3. The van der Waals surface area contributed by atoms with E-state index in [2.05, 4.69) is 28.7 Å². The van der Waals surface area contributed by atoms with Crippen molar-refractivity contribution in [2.75, 3.05) is 24.6 Å². The summed E-state index contributed by atoms with van der Waals surface area (Å²) in [6, 6.07) is 1.43. The first kappa shape index (κ1) is 29.2. The van der Waals surface area contributed by atoms with Crippen LogP contribution in [0.2, 0.25) is 0 Å². The molecule has 39 heavy (non-hydrogen) atoms. The fourth-order valence-corrected chi connectivity index (χ4v) is 5.63. The Hall–Kier alpha value is -2.74. The van der Waals surface area contributed by atoms with E-state index < -0.39 is 23.5 Å². The molecule has 0 spiro atoms. The van der Waals surface area contributed by atoms with E-state index in [0.29, 0.717) is 34.9 Å². The molecule has 3 heterocycles. The topological polar surface area (TPSA) is 84.8 Å². The molecule has 2 fully saturated rings. The van der Waals surface area contributed by atoms with E-state index >= 15 is 4.39 Å². The second-order valence-corrected chi connectivity index (χ2v) is 12.9. The number of ether oxygens (including phenoxy) is 2. The first-order chi connectivity index (χ1) is 18.3. The Morgan fingerprint density at radius 1 is 1.15 bits per heavy atom. The standard InChI is InChI=1S/C31H44FN3O4/c1-20-25(27(29(36)37)39-30(2,3)4)26(35-14-12-31(5,6)13-15-35)23(18-33-20)22-16-24(32)28(34-17-22)38-19-21-10-8-7-9-11-21/h16-18,21,27H,7-15,19H2,1-6H3,(H,36,37)/t27-/m0/s1. The molecule has 4 rings (SSSR count). The van der Waals surface area contributed by atoms with Gasteiger partial charge < -0.3 is 19.5 Å². The summed E-state index contributed by atoms with van der Waals surface area (Å²) in [6.45, 7) is 13.8. The lowest BCUT2D eigenvalue weighted by atomic mass is 9.82. The van der Waals surface area contributed by atoms with Crippen LogP contribution < -0.4 is 9.64 Å². The average molecular weight is 542 g/mol. The van der Waals surface area contributed by atoms with E-state index in [4.69, 9.17) is 9.47 Å². The highest BCUT2D eigenvalue weighted by atomic mass is 19.1. The fourth-order valence-electron chi connectivity index (χ4n) is 5.63. The van der Waals surface area contributed by atoms with Crippen molar-refractivity contribution in [3.8, 4) is 17.0 Å². The summed E-state index contributed by atoms with van der Waals surface area (Å²) in [5.41, 5.74) is 2.49. The Morgan fingerprint density at radius 3 is 2.41 bits per heavy atom. The Kier molecular flexibility index (Phi) is 8.84. The molecule has 1 saturated carbocycles. The quantitative estimate of drug-likeness (QED) is 0.381.